The number of carbonyl (C=O) groups excluding carboxylic acids is 1. The Morgan fingerprint density at radius 2 is 0.766 bits per heavy atom. The van der Waals surface area contributed by atoms with Gasteiger partial charge in [0.1, 0.15) is 54.9 Å². The maximum Gasteiger partial charge on any atom is 0.306 e. The van der Waals surface area contributed by atoms with Gasteiger partial charge in [-0.1, -0.05) is 224 Å². The molecule has 11 atom stereocenters. The van der Waals surface area contributed by atoms with Gasteiger partial charge in [0, 0.05) is 13.0 Å². The number of hydrogen-bond donors (Lipinski definition) is 7. The number of rotatable bonds is 53. The highest BCUT2D eigenvalue weighted by atomic mass is 16.7. The van der Waals surface area contributed by atoms with Gasteiger partial charge < -0.3 is 64.2 Å². The molecule has 0 spiro atoms. The second kappa shape index (κ2) is 50.2. The molecule has 0 amide bonds. The second-order valence-corrected chi connectivity index (χ2v) is 22.6. The number of aliphatic hydroxyl groups is 7. The van der Waals surface area contributed by atoms with Crippen LogP contribution in [0.25, 0.3) is 0 Å². The second-order valence-electron chi connectivity index (χ2n) is 22.6. The van der Waals surface area contributed by atoms with Crippen molar-refractivity contribution in [2.45, 2.75) is 338 Å². The molecule has 0 aromatic heterocycles. The van der Waals surface area contributed by atoms with Crippen LogP contribution in [0.2, 0.25) is 0 Å². The molecule has 2 rings (SSSR count). The van der Waals surface area contributed by atoms with Crippen molar-refractivity contribution >= 4 is 5.97 Å². The van der Waals surface area contributed by atoms with E-state index in [1.54, 1.807) is 0 Å². The minimum atomic E-state index is -1.71. The van der Waals surface area contributed by atoms with E-state index >= 15 is 0 Å². The fourth-order valence-electron chi connectivity index (χ4n) is 10.3. The number of carbonyl (C=O) groups is 1. The average Bonchev–Trinajstić information content (AvgIpc) is 3.43. The third-order valence-electron chi connectivity index (χ3n) is 15.4. The normalized spacial score (nSPS) is 24.4. The van der Waals surface area contributed by atoms with E-state index in [1.807, 2.05) is 0 Å². The Hall–Kier alpha value is -1.53. The molecule has 2 aliphatic heterocycles. The standard InChI is InChI=1S/C63H118O14/c1-3-5-7-9-11-13-15-17-19-21-23-25-27-29-31-33-35-37-39-41-43-45-47-72-49-52(50-73-62-61(71)59(69)57(67)54(77-62)51-74-63-60(70)58(68)56(66)53(48-64)76-63)75-55(65)46-44-42-40-38-36-34-32-30-28-26-24-22-20-18-16-14-12-10-8-6-4-2/h21-24,52-54,56-64,66-71H,3-20,25-51H2,1-2H3/b23-21-,24-22-. The molecule has 0 aliphatic carbocycles. The summed E-state index contributed by atoms with van der Waals surface area (Å²) in [5.74, 6) is -0.374. The van der Waals surface area contributed by atoms with E-state index in [-0.39, 0.29) is 25.6 Å². The Bertz CT molecular complexity index is 1370. The topological polar surface area (TPSA) is 214 Å². The van der Waals surface area contributed by atoms with E-state index in [1.165, 1.54) is 205 Å². The maximum atomic E-state index is 13.1. The Balaban J connectivity index is 1.68. The summed E-state index contributed by atoms with van der Waals surface area (Å²) < 4.78 is 34.5. The van der Waals surface area contributed by atoms with Gasteiger partial charge >= 0.3 is 5.97 Å². The molecule has 2 aliphatic rings. The molecule has 14 nitrogen and oxygen atoms in total. The molecular formula is C63H118O14. The smallest absolute Gasteiger partial charge is 0.306 e. The van der Waals surface area contributed by atoms with Crippen molar-refractivity contribution in [1.29, 1.82) is 0 Å². The fourth-order valence-corrected chi connectivity index (χ4v) is 10.3. The van der Waals surface area contributed by atoms with E-state index in [2.05, 4.69) is 38.2 Å². The van der Waals surface area contributed by atoms with Gasteiger partial charge in [-0.25, -0.2) is 0 Å². The van der Waals surface area contributed by atoms with Crippen LogP contribution in [0.5, 0.6) is 0 Å². The number of aliphatic hydroxyl groups excluding tert-OH is 7. The lowest BCUT2D eigenvalue weighted by Gasteiger charge is -2.42. The lowest BCUT2D eigenvalue weighted by molar-refractivity contribution is -0.332. The van der Waals surface area contributed by atoms with E-state index in [9.17, 15) is 40.5 Å². The Morgan fingerprint density at radius 3 is 1.18 bits per heavy atom. The lowest BCUT2D eigenvalue weighted by atomic mass is 9.98. The third-order valence-corrected chi connectivity index (χ3v) is 15.4. The van der Waals surface area contributed by atoms with Gasteiger partial charge in [-0.2, -0.15) is 0 Å². The molecule has 2 fully saturated rings. The summed E-state index contributed by atoms with van der Waals surface area (Å²) in [7, 11) is 0. The van der Waals surface area contributed by atoms with Crippen molar-refractivity contribution in [2.75, 3.05) is 33.0 Å². The maximum absolute atomic E-state index is 13.1. The predicted octanol–water partition coefficient (Wildman–Crippen LogP) is 12.3. The fraction of sp³-hybridized carbons (Fsp3) is 0.921. The predicted molar refractivity (Wildman–Crippen MR) is 307 cm³/mol. The molecule has 0 aromatic rings. The summed E-state index contributed by atoms with van der Waals surface area (Å²) in [4.78, 5) is 13.1. The number of allylic oxidation sites excluding steroid dienone is 4. The van der Waals surface area contributed by atoms with Crippen LogP contribution in [0.3, 0.4) is 0 Å². The Kier molecular flexibility index (Phi) is 46.7. The van der Waals surface area contributed by atoms with Crippen molar-refractivity contribution in [3.8, 4) is 0 Å². The zero-order valence-corrected chi connectivity index (χ0v) is 49.0. The highest BCUT2D eigenvalue weighted by molar-refractivity contribution is 5.69. The van der Waals surface area contributed by atoms with E-state index in [4.69, 9.17) is 28.4 Å². The van der Waals surface area contributed by atoms with Gasteiger partial charge in [-0.05, 0) is 64.2 Å². The van der Waals surface area contributed by atoms with Gasteiger partial charge in [-0.3, -0.25) is 4.79 Å². The summed E-state index contributed by atoms with van der Waals surface area (Å²) in [5, 5.41) is 72.5. The van der Waals surface area contributed by atoms with Crippen LogP contribution in [-0.2, 0) is 33.2 Å². The highest BCUT2D eigenvalue weighted by Crippen LogP contribution is 2.27. The monoisotopic (exact) mass is 1100 g/mol. The average molecular weight is 1100 g/mol. The van der Waals surface area contributed by atoms with Crippen molar-refractivity contribution in [2.24, 2.45) is 0 Å². The molecule has 11 unspecified atom stereocenters. The van der Waals surface area contributed by atoms with E-state index < -0.39 is 80.7 Å². The first-order chi connectivity index (χ1) is 37.6. The molecule has 2 heterocycles. The molecule has 0 aromatic carbocycles. The van der Waals surface area contributed by atoms with Crippen molar-refractivity contribution in [1.82, 2.24) is 0 Å². The lowest BCUT2D eigenvalue weighted by Crippen LogP contribution is -2.61. The molecule has 0 radical (unpaired) electrons. The molecule has 7 N–H and O–H groups in total. The highest BCUT2D eigenvalue weighted by Gasteiger charge is 2.47. The SMILES string of the molecule is CCCCCCCCCC/C=C\CCCCCCCCCCCCOCC(COC1OC(COC2OC(CO)C(O)C(O)C2O)C(O)C(O)C1O)OC(=O)CCCCCCCCCCC/C=C\CCCCCCCCCC. The summed E-state index contributed by atoms with van der Waals surface area (Å²) in [5.41, 5.74) is 0. The minimum Gasteiger partial charge on any atom is -0.457 e. The first-order valence-electron chi connectivity index (χ1n) is 31.9. The van der Waals surface area contributed by atoms with E-state index in [0.29, 0.717) is 13.0 Å². The van der Waals surface area contributed by atoms with E-state index in [0.717, 1.165) is 38.5 Å². The summed E-state index contributed by atoms with van der Waals surface area (Å²) in [6.45, 7) is 3.74. The van der Waals surface area contributed by atoms with Gasteiger partial charge in [-0.15, -0.1) is 0 Å². The first kappa shape index (κ1) is 71.6. The van der Waals surface area contributed by atoms with Crippen LogP contribution in [0, 0.1) is 0 Å². The number of hydrogen-bond acceptors (Lipinski definition) is 14. The van der Waals surface area contributed by atoms with Gasteiger partial charge in [0.05, 0.1) is 26.4 Å². The summed E-state index contributed by atoms with van der Waals surface area (Å²) in [6, 6.07) is 0. The Labute approximate surface area is 468 Å². The number of ether oxygens (including phenoxy) is 6. The molecule has 77 heavy (non-hydrogen) atoms. The summed E-state index contributed by atoms with van der Waals surface area (Å²) in [6.07, 6.45) is 42.4. The van der Waals surface area contributed by atoms with Crippen LogP contribution in [-0.4, -0.2) is 142 Å². The van der Waals surface area contributed by atoms with Gasteiger partial charge in [0.15, 0.2) is 12.6 Å². The number of esters is 1. The summed E-state index contributed by atoms with van der Waals surface area (Å²) >= 11 is 0. The van der Waals surface area contributed by atoms with Crippen LogP contribution in [0.4, 0.5) is 0 Å². The van der Waals surface area contributed by atoms with Crippen molar-refractivity contribution < 1.29 is 69.0 Å². The zero-order chi connectivity index (χ0) is 55.8. The largest absolute Gasteiger partial charge is 0.457 e. The van der Waals surface area contributed by atoms with Crippen LogP contribution in [0.15, 0.2) is 24.3 Å². The van der Waals surface area contributed by atoms with Crippen LogP contribution in [0.1, 0.15) is 271 Å². The van der Waals surface area contributed by atoms with Crippen molar-refractivity contribution in [3.05, 3.63) is 24.3 Å². The molecular weight excluding hydrogens is 981 g/mol. The molecule has 0 bridgehead atoms. The minimum absolute atomic E-state index is 0.0635. The van der Waals surface area contributed by atoms with Gasteiger partial charge in [0.25, 0.3) is 0 Å². The molecule has 14 heteroatoms. The first-order valence-corrected chi connectivity index (χ1v) is 31.9. The van der Waals surface area contributed by atoms with Gasteiger partial charge in [0.2, 0.25) is 0 Å². The van der Waals surface area contributed by atoms with Crippen molar-refractivity contribution in [3.63, 3.8) is 0 Å². The molecule has 454 valence electrons. The third kappa shape index (κ3) is 36.5. The molecule has 2 saturated heterocycles. The Morgan fingerprint density at radius 1 is 0.416 bits per heavy atom. The van der Waals surface area contributed by atoms with Crippen LogP contribution < -0.4 is 0 Å². The molecule has 0 saturated carbocycles. The van der Waals surface area contributed by atoms with Crippen LogP contribution >= 0.6 is 0 Å². The number of unbranched alkanes of at least 4 members (excludes halogenated alkanes) is 35. The zero-order valence-electron chi connectivity index (χ0n) is 49.0. The quantitative estimate of drug-likeness (QED) is 0.0172.